The van der Waals surface area contributed by atoms with E-state index >= 15 is 0 Å². The first kappa shape index (κ1) is 18.9. The molecule has 4 rings (SSSR count). The highest BCUT2D eigenvalue weighted by molar-refractivity contribution is 8.14. The Kier molecular flexibility index (Phi) is 5.11. The lowest BCUT2D eigenvalue weighted by molar-refractivity contribution is 0.593. The first-order valence-electron chi connectivity index (χ1n) is 8.90. The molecule has 0 saturated carbocycles. The van der Waals surface area contributed by atoms with Crippen molar-refractivity contribution in [3.8, 4) is 0 Å². The molecule has 0 unspecified atom stereocenters. The zero-order valence-corrected chi connectivity index (χ0v) is 16.9. The van der Waals surface area contributed by atoms with Crippen molar-refractivity contribution in [3.63, 3.8) is 0 Å². The van der Waals surface area contributed by atoms with Crippen molar-refractivity contribution in [2.75, 3.05) is 22.4 Å². The minimum absolute atomic E-state index is 0.0889. The molecule has 0 atom stereocenters. The zero-order valence-electron chi connectivity index (χ0n) is 15.2. The summed E-state index contributed by atoms with van der Waals surface area (Å²) in [5.41, 5.74) is 6.70. The number of hydrogen-bond acceptors (Lipinski definition) is 5. The summed E-state index contributed by atoms with van der Waals surface area (Å²) in [5, 5.41) is 4.91. The summed E-state index contributed by atoms with van der Waals surface area (Å²) in [7, 11) is -3.25. The van der Waals surface area contributed by atoms with E-state index in [-0.39, 0.29) is 17.3 Å². The number of nitrogens with one attached hydrogen (secondary N) is 1. The van der Waals surface area contributed by atoms with Crippen LogP contribution in [0.3, 0.4) is 0 Å². The molecule has 0 aromatic heterocycles. The molecule has 28 heavy (non-hydrogen) atoms. The molecule has 0 saturated heterocycles. The van der Waals surface area contributed by atoms with Crippen LogP contribution >= 0.6 is 11.8 Å². The van der Waals surface area contributed by atoms with E-state index in [0.717, 1.165) is 22.5 Å². The second-order valence-corrected chi connectivity index (χ2v) is 9.54. The number of nitrogens with zero attached hydrogens (tertiary/aromatic N) is 3. The van der Waals surface area contributed by atoms with Crippen molar-refractivity contribution in [2.24, 2.45) is 10.1 Å². The van der Waals surface area contributed by atoms with Crippen LogP contribution < -0.4 is 9.73 Å². The second kappa shape index (κ2) is 7.56. The molecular formula is C19H19FN4O2S2. The van der Waals surface area contributed by atoms with Gasteiger partial charge in [0.05, 0.1) is 17.2 Å². The third-order valence-corrected chi connectivity index (χ3v) is 7.33. The molecule has 2 aliphatic heterocycles. The lowest BCUT2D eigenvalue weighted by Gasteiger charge is -2.19. The summed E-state index contributed by atoms with van der Waals surface area (Å²) >= 11 is 1.45. The highest BCUT2D eigenvalue weighted by Crippen LogP contribution is 2.32. The van der Waals surface area contributed by atoms with E-state index in [1.165, 1.54) is 22.1 Å². The molecule has 1 N–H and O–H groups in total. The third-order valence-electron chi connectivity index (χ3n) is 4.67. The van der Waals surface area contributed by atoms with E-state index in [2.05, 4.69) is 15.5 Å². The first-order valence-corrected chi connectivity index (χ1v) is 11.5. The molecule has 0 bridgehead atoms. The Bertz CT molecular complexity index is 1080. The third kappa shape index (κ3) is 3.64. The van der Waals surface area contributed by atoms with Gasteiger partial charge in [-0.3, -0.25) is 9.73 Å². The van der Waals surface area contributed by atoms with Gasteiger partial charge in [0.1, 0.15) is 11.5 Å². The summed E-state index contributed by atoms with van der Waals surface area (Å²) in [4.78, 5) is 4.26. The van der Waals surface area contributed by atoms with Gasteiger partial charge in [0, 0.05) is 12.3 Å². The number of halogens is 1. The predicted molar refractivity (Wildman–Crippen MR) is 113 cm³/mol. The van der Waals surface area contributed by atoms with Crippen LogP contribution in [0.4, 0.5) is 15.8 Å². The Morgan fingerprint density at radius 2 is 2.11 bits per heavy atom. The predicted octanol–water partition coefficient (Wildman–Crippen LogP) is 3.27. The van der Waals surface area contributed by atoms with E-state index < -0.39 is 10.0 Å². The number of sulfonamides is 1. The molecule has 6 nitrogen and oxygen atoms in total. The average Bonchev–Trinajstić information content (AvgIpc) is 3.14. The summed E-state index contributed by atoms with van der Waals surface area (Å²) in [5.74, 6) is 0.305. The Hall–Kier alpha value is -2.39. The van der Waals surface area contributed by atoms with Crippen molar-refractivity contribution >= 4 is 44.0 Å². The average molecular weight is 419 g/mol. The Morgan fingerprint density at radius 3 is 2.82 bits per heavy atom. The van der Waals surface area contributed by atoms with Gasteiger partial charge in [0.15, 0.2) is 5.17 Å². The maximum atomic E-state index is 13.7. The monoisotopic (exact) mass is 418 g/mol. The van der Waals surface area contributed by atoms with E-state index in [1.807, 2.05) is 18.2 Å². The van der Waals surface area contributed by atoms with Crippen LogP contribution in [-0.2, 0) is 16.4 Å². The van der Waals surface area contributed by atoms with E-state index in [0.29, 0.717) is 23.9 Å². The number of hydrazone groups is 1. The lowest BCUT2D eigenvalue weighted by Crippen LogP contribution is -2.30. The van der Waals surface area contributed by atoms with Gasteiger partial charge >= 0.3 is 0 Å². The molecule has 9 heteroatoms. The van der Waals surface area contributed by atoms with Crippen molar-refractivity contribution in [1.29, 1.82) is 0 Å². The number of aliphatic imine (C=N–C) groups is 1. The molecule has 146 valence electrons. The Balaban J connectivity index is 1.54. The summed E-state index contributed by atoms with van der Waals surface area (Å²) in [6.45, 7) is 2.13. The van der Waals surface area contributed by atoms with E-state index in [9.17, 15) is 12.8 Å². The van der Waals surface area contributed by atoms with Crippen molar-refractivity contribution < 1.29 is 12.8 Å². The lowest BCUT2D eigenvalue weighted by atomic mass is 10.1. The number of thioether (sulfide) groups is 1. The van der Waals surface area contributed by atoms with Gasteiger partial charge in [-0.15, -0.1) is 0 Å². The Labute approximate surface area is 167 Å². The van der Waals surface area contributed by atoms with Crippen molar-refractivity contribution in [3.05, 3.63) is 59.4 Å². The van der Waals surface area contributed by atoms with Gasteiger partial charge in [-0.25, -0.2) is 17.8 Å². The van der Waals surface area contributed by atoms with Gasteiger partial charge in [-0.2, -0.15) is 5.10 Å². The van der Waals surface area contributed by atoms with Crippen LogP contribution in [0.2, 0.25) is 0 Å². The topological polar surface area (TPSA) is 74.1 Å². The SMILES string of the molecule is CCS(=O)(=O)N1CCc2cc(C3=NNC(=Nc4ccccc4F)SC3)ccc21. The largest absolute Gasteiger partial charge is 0.270 e. The zero-order chi connectivity index (χ0) is 19.7. The van der Waals surface area contributed by atoms with Gasteiger partial charge in [0.25, 0.3) is 0 Å². The summed E-state index contributed by atoms with van der Waals surface area (Å²) in [6.07, 6.45) is 0.691. The maximum absolute atomic E-state index is 13.7. The molecule has 0 spiro atoms. The molecule has 0 fully saturated rings. The van der Waals surface area contributed by atoms with Gasteiger partial charge < -0.3 is 0 Å². The highest BCUT2D eigenvalue weighted by atomic mass is 32.2. The van der Waals surface area contributed by atoms with Crippen LogP contribution in [-0.4, -0.2) is 37.3 Å². The molecular weight excluding hydrogens is 399 g/mol. The standard InChI is InChI=1S/C19H19FN4O2S2/c1-2-28(25,26)24-10-9-14-11-13(7-8-18(14)24)17-12-27-19(23-22-17)21-16-6-4-3-5-15(16)20/h3-8,11H,2,9-10,12H2,1H3,(H,21,23). The van der Waals surface area contributed by atoms with Crippen LogP contribution in [0.25, 0.3) is 0 Å². The fraction of sp³-hybridized carbons (Fsp3) is 0.263. The molecule has 2 aromatic rings. The minimum atomic E-state index is -3.25. The number of anilines is 1. The van der Waals surface area contributed by atoms with Crippen molar-refractivity contribution in [1.82, 2.24) is 5.43 Å². The van der Waals surface area contributed by atoms with Gasteiger partial charge in [0.2, 0.25) is 10.0 Å². The number of rotatable bonds is 4. The summed E-state index contributed by atoms with van der Waals surface area (Å²) in [6, 6.07) is 12.1. The quantitative estimate of drug-likeness (QED) is 0.827. The first-order chi connectivity index (χ1) is 13.5. The number of hydrogen-bond donors (Lipinski definition) is 1. The van der Waals surface area contributed by atoms with Crippen LogP contribution in [0, 0.1) is 5.82 Å². The smallest absolute Gasteiger partial charge is 0.234 e. The van der Waals surface area contributed by atoms with Gasteiger partial charge in [-0.1, -0.05) is 30.0 Å². The van der Waals surface area contributed by atoms with Crippen molar-refractivity contribution in [2.45, 2.75) is 13.3 Å². The number of amidine groups is 1. The highest BCUT2D eigenvalue weighted by Gasteiger charge is 2.28. The van der Waals surface area contributed by atoms with Crippen LogP contribution in [0.1, 0.15) is 18.1 Å². The fourth-order valence-corrected chi connectivity index (χ4v) is 5.11. The maximum Gasteiger partial charge on any atom is 0.234 e. The van der Waals surface area contributed by atoms with E-state index in [1.54, 1.807) is 25.1 Å². The number of para-hydroxylation sites is 1. The van der Waals surface area contributed by atoms with E-state index in [4.69, 9.17) is 0 Å². The normalized spacial score (nSPS) is 18.0. The minimum Gasteiger partial charge on any atom is -0.270 e. The fourth-order valence-electron chi connectivity index (χ4n) is 3.17. The van der Waals surface area contributed by atoms with Gasteiger partial charge in [-0.05, 0) is 48.7 Å². The summed E-state index contributed by atoms with van der Waals surface area (Å²) < 4.78 is 39.6. The molecule has 2 aromatic carbocycles. The number of benzene rings is 2. The number of fused-ring (bicyclic) bond motifs is 1. The Morgan fingerprint density at radius 1 is 1.29 bits per heavy atom. The second-order valence-electron chi connectivity index (χ2n) is 6.39. The van der Waals surface area contributed by atoms with Crippen LogP contribution in [0.5, 0.6) is 0 Å². The van der Waals surface area contributed by atoms with Crippen LogP contribution in [0.15, 0.2) is 52.6 Å². The molecule has 2 aliphatic rings. The molecule has 0 aliphatic carbocycles. The molecule has 0 radical (unpaired) electrons. The molecule has 0 amide bonds. The molecule has 2 heterocycles.